The van der Waals surface area contributed by atoms with Gasteiger partial charge < -0.3 is 9.30 Å². The summed E-state index contributed by atoms with van der Waals surface area (Å²) in [6.45, 7) is 0. The largest absolute Gasteiger partial charge is 0.465 e. The van der Waals surface area contributed by atoms with E-state index in [4.69, 9.17) is 4.74 Å². The molecule has 0 spiro atoms. The lowest BCUT2D eigenvalue weighted by Gasteiger charge is -2.05. The van der Waals surface area contributed by atoms with E-state index in [1.165, 1.54) is 7.11 Å². The fraction of sp³-hybridized carbons (Fsp3) is 0.182. The number of hydrogen-bond donors (Lipinski definition) is 0. The van der Waals surface area contributed by atoms with Gasteiger partial charge >= 0.3 is 5.97 Å². The molecule has 0 atom stereocenters. The molecule has 0 unspecified atom stereocenters. The summed E-state index contributed by atoms with van der Waals surface area (Å²) < 4.78 is 7.63. The zero-order valence-electron chi connectivity index (χ0n) is 8.45. The fourth-order valence-electron chi connectivity index (χ4n) is 1.66. The Kier molecular flexibility index (Phi) is 2.52. The van der Waals surface area contributed by atoms with Crippen molar-refractivity contribution in [1.29, 1.82) is 0 Å². The van der Waals surface area contributed by atoms with Crippen LogP contribution in [-0.2, 0) is 11.8 Å². The van der Waals surface area contributed by atoms with Crippen LogP contribution in [0.5, 0.6) is 0 Å². The number of ether oxygens (including phenoxy) is 1. The van der Waals surface area contributed by atoms with Crippen molar-refractivity contribution < 1.29 is 9.53 Å². The number of esters is 1. The number of aryl methyl sites for hydroxylation is 1. The Morgan fingerprint density at radius 2 is 2.13 bits per heavy atom. The number of fused-ring (bicyclic) bond motifs is 1. The van der Waals surface area contributed by atoms with Gasteiger partial charge in [-0.05, 0) is 18.2 Å². The highest BCUT2D eigenvalue weighted by Gasteiger charge is 2.14. The third-order valence-electron chi connectivity index (χ3n) is 2.39. The maximum Gasteiger partial charge on any atom is 0.340 e. The predicted octanol–water partition coefficient (Wildman–Crippen LogP) is 2.73. The van der Waals surface area contributed by atoms with Crippen molar-refractivity contribution in [2.45, 2.75) is 0 Å². The number of rotatable bonds is 1. The van der Waals surface area contributed by atoms with E-state index in [-0.39, 0.29) is 5.97 Å². The van der Waals surface area contributed by atoms with Gasteiger partial charge in [-0.1, -0.05) is 15.9 Å². The molecule has 15 heavy (non-hydrogen) atoms. The van der Waals surface area contributed by atoms with Crippen molar-refractivity contribution in [2.24, 2.45) is 7.05 Å². The van der Waals surface area contributed by atoms with Crippen molar-refractivity contribution in [3.8, 4) is 0 Å². The number of nitrogens with zero attached hydrogens (tertiary/aromatic N) is 1. The van der Waals surface area contributed by atoms with Gasteiger partial charge in [-0.2, -0.15) is 0 Å². The number of methoxy groups -OCH3 is 1. The molecule has 1 aromatic carbocycles. The first-order valence-corrected chi connectivity index (χ1v) is 5.26. The zero-order valence-corrected chi connectivity index (χ0v) is 10.0. The van der Waals surface area contributed by atoms with Crippen LogP contribution in [0.2, 0.25) is 0 Å². The Hall–Kier alpha value is -1.29. The Morgan fingerprint density at radius 1 is 1.40 bits per heavy atom. The summed E-state index contributed by atoms with van der Waals surface area (Å²) in [5, 5.41) is 1.01. The molecule has 0 aliphatic heterocycles. The highest BCUT2D eigenvalue weighted by molar-refractivity contribution is 9.10. The average molecular weight is 268 g/mol. The number of halogens is 1. The lowest BCUT2D eigenvalue weighted by atomic mass is 10.1. The van der Waals surface area contributed by atoms with Gasteiger partial charge in [0.05, 0.1) is 18.2 Å². The molecule has 0 radical (unpaired) electrons. The molecule has 0 saturated heterocycles. The first kappa shape index (κ1) is 10.2. The molecule has 0 saturated carbocycles. The summed E-state index contributed by atoms with van der Waals surface area (Å²) in [5.74, 6) is -0.311. The fourth-order valence-corrected chi connectivity index (χ4v) is 2.11. The molecule has 1 heterocycles. The molecule has 3 nitrogen and oxygen atoms in total. The Bertz CT molecular complexity index is 531. The van der Waals surface area contributed by atoms with E-state index in [0.717, 1.165) is 15.4 Å². The van der Waals surface area contributed by atoms with Crippen LogP contribution in [-0.4, -0.2) is 17.6 Å². The van der Waals surface area contributed by atoms with Crippen molar-refractivity contribution in [3.05, 3.63) is 34.4 Å². The second kappa shape index (κ2) is 3.70. The van der Waals surface area contributed by atoms with E-state index < -0.39 is 0 Å². The van der Waals surface area contributed by atoms with Crippen LogP contribution >= 0.6 is 15.9 Å². The van der Waals surface area contributed by atoms with Gasteiger partial charge in [-0.3, -0.25) is 0 Å². The highest BCUT2D eigenvalue weighted by Crippen LogP contribution is 2.27. The molecule has 1 aromatic heterocycles. The van der Waals surface area contributed by atoms with Crippen LogP contribution in [0.1, 0.15) is 10.4 Å². The third-order valence-corrected chi connectivity index (χ3v) is 3.08. The van der Waals surface area contributed by atoms with E-state index in [1.54, 1.807) is 6.07 Å². The molecule has 0 aliphatic carbocycles. The molecule has 4 heteroatoms. The number of benzene rings is 1. The maximum absolute atomic E-state index is 11.5. The molecule has 0 fully saturated rings. The molecule has 78 valence electrons. The molecule has 2 rings (SSSR count). The molecule has 0 N–H and O–H groups in total. The minimum Gasteiger partial charge on any atom is -0.465 e. The van der Waals surface area contributed by atoms with E-state index in [1.807, 2.05) is 29.9 Å². The van der Waals surface area contributed by atoms with E-state index in [0.29, 0.717) is 5.56 Å². The molecular formula is C11H10BrNO2. The van der Waals surface area contributed by atoms with Gasteiger partial charge in [0, 0.05) is 23.1 Å². The molecule has 0 aliphatic rings. The van der Waals surface area contributed by atoms with E-state index in [9.17, 15) is 4.79 Å². The Morgan fingerprint density at radius 3 is 2.80 bits per heavy atom. The van der Waals surface area contributed by atoms with Gasteiger partial charge in [0.25, 0.3) is 0 Å². The number of carbonyl (C=O) groups is 1. The van der Waals surface area contributed by atoms with Gasteiger partial charge in [-0.15, -0.1) is 0 Å². The van der Waals surface area contributed by atoms with Gasteiger partial charge in [0.2, 0.25) is 0 Å². The van der Waals surface area contributed by atoms with Crippen LogP contribution in [0.25, 0.3) is 10.9 Å². The van der Waals surface area contributed by atoms with Gasteiger partial charge in [0.15, 0.2) is 0 Å². The minimum absolute atomic E-state index is 0.311. The molecule has 0 bridgehead atoms. The standard InChI is InChI=1S/C11H10BrNO2/c1-13-6-5-7-9(12)4-3-8(10(7)13)11(14)15-2/h3-6H,1-2H3. The van der Waals surface area contributed by atoms with Crippen LogP contribution in [0.3, 0.4) is 0 Å². The first-order valence-electron chi connectivity index (χ1n) is 4.47. The SMILES string of the molecule is COC(=O)c1ccc(Br)c2ccn(C)c12. The lowest BCUT2D eigenvalue weighted by molar-refractivity contribution is 0.0602. The number of aromatic nitrogens is 1. The number of carbonyl (C=O) groups excluding carboxylic acids is 1. The van der Waals surface area contributed by atoms with E-state index >= 15 is 0 Å². The molecular weight excluding hydrogens is 258 g/mol. The maximum atomic E-state index is 11.5. The third kappa shape index (κ3) is 1.55. The van der Waals surface area contributed by atoms with Crippen molar-refractivity contribution >= 4 is 32.8 Å². The summed E-state index contributed by atoms with van der Waals surface area (Å²) in [4.78, 5) is 11.5. The second-order valence-corrected chi connectivity index (χ2v) is 4.13. The van der Waals surface area contributed by atoms with Crippen molar-refractivity contribution in [3.63, 3.8) is 0 Å². The van der Waals surface area contributed by atoms with Gasteiger partial charge in [0.1, 0.15) is 0 Å². The van der Waals surface area contributed by atoms with Crippen LogP contribution in [0.15, 0.2) is 28.9 Å². The number of hydrogen-bond acceptors (Lipinski definition) is 2. The quantitative estimate of drug-likeness (QED) is 0.744. The minimum atomic E-state index is -0.311. The zero-order chi connectivity index (χ0) is 11.0. The monoisotopic (exact) mass is 267 g/mol. The predicted molar refractivity (Wildman–Crippen MR) is 62.0 cm³/mol. The Balaban J connectivity index is 2.81. The first-order chi connectivity index (χ1) is 7.15. The summed E-state index contributed by atoms with van der Waals surface area (Å²) in [6, 6.07) is 5.58. The average Bonchev–Trinajstić information content (AvgIpc) is 2.62. The smallest absolute Gasteiger partial charge is 0.340 e. The van der Waals surface area contributed by atoms with Crippen molar-refractivity contribution in [2.75, 3.05) is 7.11 Å². The summed E-state index contributed by atoms with van der Waals surface area (Å²) in [6.07, 6.45) is 1.92. The lowest BCUT2D eigenvalue weighted by Crippen LogP contribution is -2.04. The second-order valence-electron chi connectivity index (χ2n) is 3.28. The summed E-state index contributed by atoms with van der Waals surface area (Å²) >= 11 is 3.45. The topological polar surface area (TPSA) is 31.2 Å². The van der Waals surface area contributed by atoms with Gasteiger partial charge in [-0.25, -0.2) is 4.79 Å². The van der Waals surface area contributed by atoms with E-state index in [2.05, 4.69) is 15.9 Å². The summed E-state index contributed by atoms with van der Waals surface area (Å²) in [7, 11) is 3.29. The molecule has 2 aromatic rings. The van der Waals surface area contributed by atoms with Crippen LogP contribution in [0, 0.1) is 0 Å². The van der Waals surface area contributed by atoms with Crippen LogP contribution in [0.4, 0.5) is 0 Å². The highest BCUT2D eigenvalue weighted by atomic mass is 79.9. The molecule has 0 amide bonds. The Labute approximate surface area is 95.8 Å². The van der Waals surface area contributed by atoms with Crippen molar-refractivity contribution in [1.82, 2.24) is 4.57 Å². The summed E-state index contributed by atoms with van der Waals surface area (Å²) in [5.41, 5.74) is 1.47. The normalized spacial score (nSPS) is 10.6. The van der Waals surface area contributed by atoms with Crippen LogP contribution < -0.4 is 0 Å².